The van der Waals surface area contributed by atoms with Gasteiger partial charge in [0.25, 0.3) is 0 Å². The maximum Gasteiger partial charge on any atom is 0.120 e. The van der Waals surface area contributed by atoms with Gasteiger partial charge in [0.15, 0.2) is 0 Å². The number of hydrogen-bond acceptors (Lipinski definition) is 3. The topological polar surface area (TPSA) is 46.3 Å². The van der Waals surface area contributed by atoms with Crippen LogP contribution in [0, 0.1) is 0 Å². The number of aromatic amines is 1. The second-order valence-corrected chi connectivity index (χ2v) is 7.64. The molecule has 0 amide bonds. The molecule has 1 aliphatic heterocycles. The van der Waals surface area contributed by atoms with Crippen molar-refractivity contribution in [1.82, 2.24) is 10.3 Å². The minimum atomic E-state index is 0.153. The molecule has 0 bridgehead atoms. The fourth-order valence-corrected chi connectivity index (χ4v) is 4.25. The summed E-state index contributed by atoms with van der Waals surface area (Å²) in [4.78, 5) is 3.65. The Morgan fingerprint density at radius 3 is 2.50 bits per heavy atom. The lowest BCUT2D eigenvalue weighted by Crippen LogP contribution is -2.30. The van der Waals surface area contributed by atoms with Crippen LogP contribution in [0.3, 0.4) is 0 Å². The van der Waals surface area contributed by atoms with E-state index in [4.69, 9.17) is 9.47 Å². The zero-order chi connectivity index (χ0) is 20.3. The smallest absolute Gasteiger partial charge is 0.120 e. The van der Waals surface area contributed by atoms with Crippen LogP contribution in [0.4, 0.5) is 0 Å². The Hall–Kier alpha value is -3.24. The van der Waals surface area contributed by atoms with Crippen molar-refractivity contribution in [3.8, 4) is 11.5 Å². The molecule has 2 heterocycles. The summed E-state index contributed by atoms with van der Waals surface area (Å²) in [5.41, 5.74) is 6.21. The van der Waals surface area contributed by atoms with E-state index in [2.05, 4.69) is 58.8 Å². The monoisotopic (exact) mass is 398 g/mol. The Bertz CT molecular complexity index is 1130. The Kier molecular flexibility index (Phi) is 5.16. The van der Waals surface area contributed by atoms with Crippen molar-refractivity contribution < 1.29 is 9.47 Å². The molecule has 0 radical (unpaired) electrons. The van der Waals surface area contributed by atoms with E-state index in [1.807, 2.05) is 31.2 Å². The fraction of sp³-hybridized carbons (Fsp3) is 0.231. The quantitative estimate of drug-likeness (QED) is 0.458. The van der Waals surface area contributed by atoms with Crippen LogP contribution >= 0.6 is 0 Å². The average Bonchev–Trinajstić information content (AvgIpc) is 3.17. The Morgan fingerprint density at radius 2 is 1.70 bits per heavy atom. The molecule has 0 saturated carbocycles. The van der Waals surface area contributed by atoms with Gasteiger partial charge >= 0.3 is 0 Å². The molecule has 4 aromatic rings. The van der Waals surface area contributed by atoms with Crippen LogP contribution in [0.5, 0.6) is 11.5 Å². The first-order chi connectivity index (χ1) is 14.8. The predicted octanol–water partition coefficient (Wildman–Crippen LogP) is 5.38. The number of benzene rings is 3. The number of hydrogen-bond donors (Lipinski definition) is 2. The second kappa shape index (κ2) is 8.25. The summed E-state index contributed by atoms with van der Waals surface area (Å²) < 4.78 is 11.7. The van der Waals surface area contributed by atoms with Gasteiger partial charge in [-0.3, -0.25) is 0 Å². The molecule has 2 N–H and O–H groups in total. The van der Waals surface area contributed by atoms with E-state index in [0.29, 0.717) is 13.2 Å². The highest BCUT2D eigenvalue weighted by Crippen LogP contribution is 2.35. The molecule has 5 rings (SSSR count). The molecule has 152 valence electrons. The van der Waals surface area contributed by atoms with Gasteiger partial charge in [0, 0.05) is 23.1 Å². The molecule has 4 nitrogen and oxygen atoms in total. The molecule has 0 fully saturated rings. The van der Waals surface area contributed by atoms with Crippen LogP contribution in [0.2, 0.25) is 0 Å². The Morgan fingerprint density at radius 1 is 0.900 bits per heavy atom. The molecule has 0 spiro atoms. The number of fused-ring (bicyclic) bond motifs is 3. The Balaban J connectivity index is 1.38. The largest absolute Gasteiger partial charge is 0.494 e. The zero-order valence-electron chi connectivity index (χ0n) is 17.2. The van der Waals surface area contributed by atoms with Crippen LogP contribution in [0.15, 0.2) is 72.8 Å². The van der Waals surface area contributed by atoms with Crippen LogP contribution < -0.4 is 14.8 Å². The van der Waals surface area contributed by atoms with Crippen LogP contribution in [-0.2, 0) is 13.0 Å². The molecular weight excluding hydrogens is 372 g/mol. The molecule has 3 aromatic carbocycles. The molecule has 1 aromatic heterocycles. The van der Waals surface area contributed by atoms with Gasteiger partial charge in [-0.05, 0) is 60.4 Å². The lowest BCUT2D eigenvalue weighted by atomic mass is 9.94. The van der Waals surface area contributed by atoms with E-state index in [1.54, 1.807) is 0 Å². The van der Waals surface area contributed by atoms with Crippen molar-refractivity contribution >= 4 is 10.9 Å². The highest BCUT2D eigenvalue weighted by Gasteiger charge is 2.25. The van der Waals surface area contributed by atoms with E-state index >= 15 is 0 Å². The molecule has 0 aliphatic carbocycles. The Labute approximate surface area is 176 Å². The summed E-state index contributed by atoms with van der Waals surface area (Å²) in [5, 5.41) is 4.94. The SMILES string of the molecule is CCOc1ccc2[nH]c3c(c2c1)CCNC3c1ccc(OCc2ccccc2)cc1. The first-order valence-electron chi connectivity index (χ1n) is 10.6. The minimum absolute atomic E-state index is 0.153. The van der Waals surface area contributed by atoms with Gasteiger partial charge in [0.2, 0.25) is 0 Å². The number of rotatable bonds is 6. The maximum atomic E-state index is 5.95. The lowest BCUT2D eigenvalue weighted by molar-refractivity contribution is 0.306. The third-order valence-electron chi connectivity index (χ3n) is 5.70. The first-order valence-corrected chi connectivity index (χ1v) is 10.6. The number of nitrogens with one attached hydrogen (secondary N) is 2. The zero-order valence-corrected chi connectivity index (χ0v) is 17.2. The molecular formula is C26H26N2O2. The number of aromatic nitrogens is 1. The third-order valence-corrected chi connectivity index (χ3v) is 5.70. The molecule has 30 heavy (non-hydrogen) atoms. The molecule has 1 aliphatic rings. The average molecular weight is 399 g/mol. The number of H-pyrrole nitrogens is 1. The van der Waals surface area contributed by atoms with Gasteiger partial charge in [0.05, 0.1) is 12.6 Å². The van der Waals surface area contributed by atoms with E-state index in [-0.39, 0.29) is 6.04 Å². The van der Waals surface area contributed by atoms with E-state index in [9.17, 15) is 0 Å². The first kappa shape index (κ1) is 18.8. The predicted molar refractivity (Wildman–Crippen MR) is 120 cm³/mol. The second-order valence-electron chi connectivity index (χ2n) is 7.64. The van der Waals surface area contributed by atoms with Crippen molar-refractivity contribution in [2.75, 3.05) is 13.2 Å². The van der Waals surface area contributed by atoms with Crippen molar-refractivity contribution in [3.05, 3.63) is 95.2 Å². The summed E-state index contributed by atoms with van der Waals surface area (Å²) >= 11 is 0. The van der Waals surface area contributed by atoms with Gasteiger partial charge in [-0.15, -0.1) is 0 Å². The van der Waals surface area contributed by atoms with Crippen molar-refractivity contribution in [2.24, 2.45) is 0 Å². The van der Waals surface area contributed by atoms with Crippen molar-refractivity contribution in [3.63, 3.8) is 0 Å². The molecule has 4 heteroatoms. The summed E-state index contributed by atoms with van der Waals surface area (Å²) in [5.74, 6) is 1.82. The van der Waals surface area contributed by atoms with Gasteiger partial charge < -0.3 is 19.8 Å². The summed E-state index contributed by atoms with van der Waals surface area (Å²) in [6, 6.07) is 25.2. The summed E-state index contributed by atoms with van der Waals surface area (Å²) in [6.45, 7) is 4.23. The molecule has 1 atom stereocenters. The van der Waals surface area contributed by atoms with Crippen LogP contribution in [0.25, 0.3) is 10.9 Å². The highest BCUT2D eigenvalue weighted by molar-refractivity contribution is 5.86. The van der Waals surface area contributed by atoms with Crippen molar-refractivity contribution in [2.45, 2.75) is 26.0 Å². The van der Waals surface area contributed by atoms with E-state index < -0.39 is 0 Å². The summed E-state index contributed by atoms with van der Waals surface area (Å²) in [7, 11) is 0. The van der Waals surface area contributed by atoms with Gasteiger partial charge in [0.1, 0.15) is 18.1 Å². The molecule has 0 saturated heterocycles. The van der Waals surface area contributed by atoms with E-state index in [0.717, 1.165) is 24.5 Å². The standard InChI is InChI=1S/C26H26N2O2/c1-2-29-21-12-13-24-23(16-21)22-14-15-27-25(26(22)28-24)19-8-10-20(11-9-19)30-17-18-6-4-3-5-7-18/h3-13,16,25,27-28H,2,14-15,17H2,1H3. The third kappa shape index (κ3) is 3.66. The highest BCUT2D eigenvalue weighted by atomic mass is 16.5. The fourth-order valence-electron chi connectivity index (χ4n) is 4.25. The number of ether oxygens (including phenoxy) is 2. The van der Waals surface area contributed by atoms with Crippen LogP contribution in [0.1, 0.15) is 35.3 Å². The van der Waals surface area contributed by atoms with Crippen LogP contribution in [-0.4, -0.2) is 18.1 Å². The van der Waals surface area contributed by atoms with Gasteiger partial charge in [-0.1, -0.05) is 42.5 Å². The lowest BCUT2D eigenvalue weighted by Gasteiger charge is -2.25. The normalized spacial score (nSPS) is 15.7. The minimum Gasteiger partial charge on any atom is -0.494 e. The van der Waals surface area contributed by atoms with Crippen molar-refractivity contribution in [1.29, 1.82) is 0 Å². The van der Waals surface area contributed by atoms with Gasteiger partial charge in [-0.2, -0.15) is 0 Å². The van der Waals surface area contributed by atoms with E-state index in [1.165, 1.54) is 33.3 Å². The van der Waals surface area contributed by atoms with Gasteiger partial charge in [-0.25, -0.2) is 0 Å². The summed E-state index contributed by atoms with van der Waals surface area (Å²) in [6.07, 6.45) is 1.01. The maximum absolute atomic E-state index is 5.95. The molecule has 1 unspecified atom stereocenters.